The predicted molar refractivity (Wildman–Crippen MR) is 110 cm³/mol. The first-order valence-electron chi connectivity index (χ1n) is 9.24. The summed E-state index contributed by atoms with van der Waals surface area (Å²) in [6.45, 7) is 6.55. The lowest BCUT2D eigenvalue weighted by Crippen LogP contribution is -2.36. The number of aromatic nitrogens is 1. The summed E-state index contributed by atoms with van der Waals surface area (Å²) in [6.07, 6.45) is 0.988. The lowest BCUT2D eigenvalue weighted by atomic mass is 10.1. The molecule has 3 heterocycles. The average molecular weight is 390 g/mol. The number of rotatable bonds is 8. The first-order chi connectivity index (χ1) is 13.2. The zero-order chi connectivity index (χ0) is 19.1. The van der Waals surface area contributed by atoms with Crippen LogP contribution in [0.5, 0.6) is 5.88 Å². The summed E-state index contributed by atoms with van der Waals surface area (Å²) < 4.78 is 11.3. The Labute approximate surface area is 164 Å². The van der Waals surface area contributed by atoms with Crippen molar-refractivity contribution in [2.24, 2.45) is 10.9 Å². The number of likely N-dealkylation sites (N-methyl/N-ethyl adjacent to an activating group) is 1. The summed E-state index contributed by atoms with van der Waals surface area (Å²) in [5.41, 5.74) is 2.47. The molecule has 8 heteroatoms. The molecule has 1 aliphatic rings. The van der Waals surface area contributed by atoms with Crippen LogP contribution in [0.25, 0.3) is 0 Å². The van der Waals surface area contributed by atoms with Crippen molar-refractivity contribution in [3.63, 3.8) is 0 Å². The Morgan fingerprint density at radius 3 is 2.85 bits per heavy atom. The van der Waals surface area contributed by atoms with E-state index in [0.29, 0.717) is 18.2 Å². The normalized spacial score (nSPS) is 15.2. The molecule has 0 spiro atoms. The van der Waals surface area contributed by atoms with Crippen molar-refractivity contribution in [2.75, 3.05) is 51.4 Å². The number of morpholine rings is 1. The van der Waals surface area contributed by atoms with Crippen LogP contribution < -0.4 is 20.8 Å². The number of thiophene rings is 1. The number of aryl methyl sites for hydroxylation is 1. The van der Waals surface area contributed by atoms with E-state index in [1.165, 1.54) is 4.88 Å². The largest absolute Gasteiger partial charge is 0.476 e. The molecule has 3 N–H and O–H groups in total. The number of nitrogens with one attached hydrogen (secondary N) is 1. The van der Waals surface area contributed by atoms with E-state index in [0.717, 1.165) is 55.5 Å². The van der Waals surface area contributed by atoms with Gasteiger partial charge in [0.05, 0.1) is 23.8 Å². The molecule has 2 aromatic heterocycles. The summed E-state index contributed by atoms with van der Waals surface area (Å²) in [5, 5.41) is 7.13. The maximum Gasteiger partial charge on any atom is 0.215 e. The van der Waals surface area contributed by atoms with Gasteiger partial charge in [-0.3, -0.25) is 0 Å². The van der Waals surface area contributed by atoms with Gasteiger partial charge in [-0.25, -0.2) is 4.98 Å². The minimum Gasteiger partial charge on any atom is -0.476 e. The van der Waals surface area contributed by atoms with Gasteiger partial charge in [0.15, 0.2) is 0 Å². The van der Waals surface area contributed by atoms with E-state index in [1.807, 2.05) is 19.2 Å². The summed E-state index contributed by atoms with van der Waals surface area (Å²) in [6, 6.07) is 8.18. The summed E-state index contributed by atoms with van der Waals surface area (Å²) in [7, 11) is 1.90. The molecule has 146 valence electrons. The molecule has 0 aliphatic carbocycles. The number of hydrogen-bond donors (Lipinski definition) is 2. The molecule has 0 amide bonds. The Morgan fingerprint density at radius 1 is 1.37 bits per heavy atom. The Kier molecular flexibility index (Phi) is 7.03. The Hall–Kier alpha value is -2.16. The molecular formula is C19H27N5O2S. The monoisotopic (exact) mass is 389 g/mol. The van der Waals surface area contributed by atoms with Crippen LogP contribution in [0.3, 0.4) is 0 Å². The first kappa shape index (κ1) is 19.6. The van der Waals surface area contributed by atoms with Gasteiger partial charge in [0.2, 0.25) is 5.88 Å². The number of hydrogen-bond acceptors (Lipinski definition) is 8. The van der Waals surface area contributed by atoms with Crippen molar-refractivity contribution >= 4 is 22.7 Å². The minimum absolute atomic E-state index is 0.545. The van der Waals surface area contributed by atoms with Gasteiger partial charge in [-0.2, -0.15) is 5.10 Å². The van der Waals surface area contributed by atoms with Crippen LogP contribution in [-0.2, 0) is 11.2 Å². The van der Waals surface area contributed by atoms with Gasteiger partial charge in [-0.05, 0) is 31.7 Å². The maximum absolute atomic E-state index is 5.85. The fraction of sp³-hybridized carbons (Fsp3) is 0.474. The van der Waals surface area contributed by atoms with E-state index >= 15 is 0 Å². The number of nitrogens with two attached hydrogens (primary N) is 1. The fourth-order valence-corrected chi connectivity index (χ4v) is 3.85. The summed E-state index contributed by atoms with van der Waals surface area (Å²) >= 11 is 1.69. The highest BCUT2D eigenvalue weighted by atomic mass is 32.1. The van der Waals surface area contributed by atoms with E-state index in [9.17, 15) is 0 Å². The van der Waals surface area contributed by atoms with Gasteiger partial charge in [-0.1, -0.05) is 6.92 Å². The average Bonchev–Trinajstić information content (AvgIpc) is 3.18. The van der Waals surface area contributed by atoms with Gasteiger partial charge in [0.25, 0.3) is 0 Å². The number of nitrogens with zero attached hydrogens (tertiary/aromatic N) is 3. The molecule has 27 heavy (non-hydrogen) atoms. The maximum atomic E-state index is 5.85. The van der Waals surface area contributed by atoms with Crippen LogP contribution in [-0.4, -0.2) is 57.2 Å². The molecule has 0 saturated carbocycles. The smallest absolute Gasteiger partial charge is 0.215 e. The standard InChI is InChI=1S/C19H27N5O2S/c1-3-15-4-5-17(27-15)19(23-20)16-12-14(24-7-10-25-11-8-24)13-18(22-16)26-9-6-21-2/h4-5,12-13,21H,3,6-11,20H2,1-2H3/b23-19+. The number of ether oxygens (including phenoxy) is 2. The third-order valence-corrected chi connectivity index (χ3v) is 5.62. The number of hydrazone groups is 1. The molecule has 2 aromatic rings. The van der Waals surface area contributed by atoms with Crippen molar-refractivity contribution < 1.29 is 9.47 Å². The molecule has 0 radical (unpaired) electrons. The number of anilines is 1. The van der Waals surface area contributed by atoms with Crippen molar-refractivity contribution in [3.8, 4) is 5.88 Å². The Morgan fingerprint density at radius 2 is 2.19 bits per heavy atom. The Balaban J connectivity index is 1.94. The quantitative estimate of drug-likeness (QED) is 0.310. The van der Waals surface area contributed by atoms with E-state index < -0.39 is 0 Å². The van der Waals surface area contributed by atoms with E-state index in [-0.39, 0.29) is 0 Å². The molecule has 1 fully saturated rings. The van der Waals surface area contributed by atoms with Crippen LogP contribution in [0.15, 0.2) is 29.4 Å². The highest BCUT2D eigenvalue weighted by Crippen LogP contribution is 2.26. The first-order valence-corrected chi connectivity index (χ1v) is 10.1. The summed E-state index contributed by atoms with van der Waals surface area (Å²) in [5.74, 6) is 6.34. The highest BCUT2D eigenvalue weighted by molar-refractivity contribution is 7.14. The molecular weight excluding hydrogens is 362 g/mol. The second-order valence-electron chi connectivity index (χ2n) is 6.20. The SMILES string of the molecule is CCc1ccc(/C(=N/N)c2cc(N3CCOCC3)cc(OCCNC)n2)s1. The van der Waals surface area contributed by atoms with Gasteiger partial charge in [0, 0.05) is 36.3 Å². The van der Waals surface area contributed by atoms with Gasteiger partial charge in [0.1, 0.15) is 12.3 Å². The van der Waals surface area contributed by atoms with Gasteiger partial charge >= 0.3 is 0 Å². The van der Waals surface area contributed by atoms with Crippen LogP contribution in [0.2, 0.25) is 0 Å². The number of pyridine rings is 1. The van der Waals surface area contributed by atoms with Gasteiger partial charge < -0.3 is 25.5 Å². The zero-order valence-electron chi connectivity index (χ0n) is 15.9. The predicted octanol–water partition coefficient (Wildman–Crippen LogP) is 1.85. The van der Waals surface area contributed by atoms with Crippen LogP contribution in [0.4, 0.5) is 5.69 Å². The third kappa shape index (κ3) is 4.97. The molecule has 0 aromatic carbocycles. The second kappa shape index (κ2) is 9.68. The topological polar surface area (TPSA) is 85.0 Å². The molecule has 0 bridgehead atoms. The molecule has 1 aliphatic heterocycles. The molecule has 1 saturated heterocycles. The van der Waals surface area contributed by atoms with Crippen LogP contribution >= 0.6 is 11.3 Å². The lowest BCUT2D eigenvalue weighted by Gasteiger charge is -2.29. The molecule has 7 nitrogen and oxygen atoms in total. The van der Waals surface area contributed by atoms with E-state index in [2.05, 4.69) is 39.4 Å². The fourth-order valence-electron chi connectivity index (χ4n) is 2.90. The lowest BCUT2D eigenvalue weighted by molar-refractivity contribution is 0.122. The second-order valence-corrected chi connectivity index (χ2v) is 7.37. The molecule has 0 unspecified atom stereocenters. The highest BCUT2D eigenvalue weighted by Gasteiger charge is 2.18. The Bertz CT molecular complexity index is 771. The van der Waals surface area contributed by atoms with Crippen molar-refractivity contribution in [3.05, 3.63) is 39.7 Å². The van der Waals surface area contributed by atoms with Crippen LogP contribution in [0, 0.1) is 0 Å². The van der Waals surface area contributed by atoms with E-state index in [4.69, 9.17) is 15.3 Å². The zero-order valence-corrected chi connectivity index (χ0v) is 16.7. The third-order valence-electron chi connectivity index (χ3n) is 4.38. The van der Waals surface area contributed by atoms with Crippen LogP contribution in [0.1, 0.15) is 22.4 Å². The summed E-state index contributed by atoms with van der Waals surface area (Å²) in [4.78, 5) is 9.26. The van der Waals surface area contributed by atoms with Gasteiger partial charge in [-0.15, -0.1) is 11.3 Å². The molecule has 3 rings (SSSR count). The minimum atomic E-state index is 0.545. The van der Waals surface area contributed by atoms with Crippen molar-refractivity contribution in [1.29, 1.82) is 0 Å². The molecule has 0 atom stereocenters. The van der Waals surface area contributed by atoms with Crippen molar-refractivity contribution in [2.45, 2.75) is 13.3 Å². The van der Waals surface area contributed by atoms with E-state index in [1.54, 1.807) is 11.3 Å². The van der Waals surface area contributed by atoms with Crippen molar-refractivity contribution in [1.82, 2.24) is 10.3 Å².